The fraction of sp³-hybridized carbons (Fsp3) is 0.500. The third kappa shape index (κ3) is 0.891. The van der Waals surface area contributed by atoms with Gasteiger partial charge in [0, 0.05) is 16.7 Å². The minimum absolute atomic E-state index is 0.0108. The van der Waals surface area contributed by atoms with Gasteiger partial charge in [0.2, 0.25) is 0 Å². The molecule has 0 aromatic rings. The molecule has 2 unspecified atom stereocenters. The molecule has 0 aromatic carbocycles. The van der Waals surface area contributed by atoms with Crippen molar-refractivity contribution in [2.24, 2.45) is 5.92 Å². The molecule has 3 aliphatic heterocycles. The molecule has 0 saturated carbocycles. The van der Waals surface area contributed by atoms with Crippen molar-refractivity contribution in [3.8, 4) is 0 Å². The van der Waals surface area contributed by atoms with Gasteiger partial charge in [0.05, 0.1) is 26.5 Å². The Morgan fingerprint density at radius 3 is 2.62 bits per heavy atom. The Morgan fingerprint density at radius 2 is 1.92 bits per heavy atom. The highest BCUT2D eigenvalue weighted by Gasteiger charge is 2.55. The van der Waals surface area contributed by atoms with Crippen molar-refractivity contribution in [2.45, 2.75) is 15.7 Å². The number of rotatable bonds is 0. The van der Waals surface area contributed by atoms with Gasteiger partial charge in [-0.05, 0) is 0 Å². The smallest absolute Gasteiger partial charge is 0.101 e. The molecule has 2 nitrogen and oxygen atoms in total. The number of allylic oxidation sites excluding steroid dienone is 1. The summed E-state index contributed by atoms with van der Waals surface area (Å²) < 4.78 is 23.8. The molecule has 5 heteroatoms. The van der Waals surface area contributed by atoms with Crippen LogP contribution in [0.15, 0.2) is 22.6 Å². The molecule has 0 radical (unpaired) electrons. The fourth-order valence-electron chi connectivity index (χ4n) is 2.29. The maximum atomic E-state index is 11.7. The number of halogens is 1. The highest BCUT2D eigenvalue weighted by Crippen LogP contribution is 2.46. The average molecular weight is 235 g/mol. The first-order valence-electron chi connectivity index (χ1n) is 4.06. The lowest BCUT2D eigenvalue weighted by Gasteiger charge is -2.15. The summed E-state index contributed by atoms with van der Waals surface area (Å²) in [4.78, 5) is 0. The molecule has 0 aliphatic carbocycles. The van der Waals surface area contributed by atoms with Crippen LogP contribution in [0.2, 0.25) is 0 Å². The van der Waals surface area contributed by atoms with Gasteiger partial charge in [0.1, 0.15) is 4.36 Å². The number of fused-ring (bicyclic) bond motifs is 5. The van der Waals surface area contributed by atoms with Crippen LogP contribution in [0.3, 0.4) is 0 Å². The molecule has 0 aromatic heterocycles. The number of hydrogen-bond donors (Lipinski definition) is 0. The Balaban J connectivity index is 2.12. The topological polar surface area (TPSA) is 34.1 Å². The van der Waals surface area contributed by atoms with Crippen LogP contribution in [0.25, 0.3) is 0 Å². The predicted molar refractivity (Wildman–Crippen MR) is 54.2 cm³/mol. The molecule has 1 fully saturated rings. The van der Waals surface area contributed by atoms with Crippen LogP contribution in [0.1, 0.15) is 0 Å². The van der Waals surface area contributed by atoms with Crippen molar-refractivity contribution in [1.82, 2.24) is 0 Å². The summed E-state index contributed by atoms with van der Waals surface area (Å²) in [5.41, 5.74) is 0. The van der Waals surface area contributed by atoms with E-state index in [0.717, 1.165) is 0 Å². The third-order valence-electron chi connectivity index (χ3n) is 2.87. The Hall–Kier alpha value is 0.0700. The van der Waals surface area contributed by atoms with Gasteiger partial charge in [-0.3, -0.25) is 8.42 Å². The van der Waals surface area contributed by atoms with Gasteiger partial charge in [0.15, 0.2) is 0 Å². The molecule has 70 valence electrons. The van der Waals surface area contributed by atoms with E-state index in [-0.39, 0.29) is 21.7 Å². The monoisotopic (exact) mass is 234 g/mol. The molecule has 3 heterocycles. The summed E-state index contributed by atoms with van der Waals surface area (Å²) >= 11 is 5.81. The van der Waals surface area contributed by atoms with Gasteiger partial charge < -0.3 is 0 Å². The Morgan fingerprint density at radius 1 is 1.23 bits per heavy atom. The largest absolute Gasteiger partial charge is 0.258 e. The first-order chi connectivity index (χ1) is 6.20. The van der Waals surface area contributed by atoms with E-state index in [0.29, 0.717) is 4.36 Å². The molecule has 13 heavy (non-hydrogen) atoms. The van der Waals surface area contributed by atoms with Crippen LogP contribution >= 0.6 is 11.6 Å². The second-order valence-corrected chi connectivity index (χ2v) is 7.41. The molecule has 6 atom stereocenters. The van der Waals surface area contributed by atoms with E-state index in [1.54, 1.807) is 0 Å². The Labute approximate surface area is 85.9 Å². The van der Waals surface area contributed by atoms with E-state index in [9.17, 15) is 8.42 Å². The van der Waals surface area contributed by atoms with Crippen molar-refractivity contribution in [3.05, 3.63) is 22.6 Å². The summed E-state index contributed by atoms with van der Waals surface area (Å²) in [6.07, 6.45) is 5.74. The quantitative estimate of drug-likeness (QED) is 0.584. The first-order valence-corrected chi connectivity index (χ1v) is 6.92. The first kappa shape index (κ1) is 8.38. The summed E-state index contributed by atoms with van der Waals surface area (Å²) in [5, 5.41) is 0.0295. The van der Waals surface area contributed by atoms with E-state index in [4.69, 9.17) is 11.6 Å². The van der Waals surface area contributed by atoms with Crippen molar-refractivity contribution < 1.29 is 8.42 Å². The molecule has 0 amide bonds. The second-order valence-electron chi connectivity index (χ2n) is 3.45. The van der Waals surface area contributed by atoms with Gasteiger partial charge in [-0.15, -0.1) is 0 Å². The van der Waals surface area contributed by atoms with Crippen molar-refractivity contribution in [2.75, 3.05) is 0 Å². The summed E-state index contributed by atoms with van der Waals surface area (Å²) in [7, 11) is -1.96. The van der Waals surface area contributed by atoms with Crippen LogP contribution in [-0.2, 0) is 21.6 Å². The Kier molecular flexibility index (Phi) is 1.65. The lowest BCUT2D eigenvalue weighted by Crippen LogP contribution is -2.28. The van der Waals surface area contributed by atoms with Crippen LogP contribution in [0, 0.1) is 5.92 Å². The van der Waals surface area contributed by atoms with Crippen LogP contribution in [0.5, 0.6) is 0 Å². The standard InChI is InChI=1S/C8H7ClO2S2/c9-7-3-4-5-1-2-6(12(5)10)8(4)13(7)11/h1-6,8H/t4-,5?,6-,8-,12?,13-/m1/s1. The van der Waals surface area contributed by atoms with Gasteiger partial charge >= 0.3 is 0 Å². The Bertz CT molecular complexity index is 388. The number of hydrogen-bond acceptors (Lipinski definition) is 2. The zero-order valence-electron chi connectivity index (χ0n) is 6.55. The van der Waals surface area contributed by atoms with Crippen molar-refractivity contribution >= 4 is 33.2 Å². The predicted octanol–water partition coefficient (Wildman–Crippen LogP) is 0.883. The molecule has 3 rings (SSSR count). The molecule has 3 aliphatic rings. The van der Waals surface area contributed by atoms with Crippen LogP contribution in [-0.4, -0.2) is 24.2 Å². The minimum Gasteiger partial charge on any atom is -0.258 e. The SMILES string of the molecule is O=S1C2C=C[C@@H]1[C@H]1[C@@H]2C=C(Cl)[S@]1=O. The second kappa shape index (κ2) is 2.55. The summed E-state index contributed by atoms with van der Waals surface area (Å²) in [5.74, 6) is 0.157. The summed E-state index contributed by atoms with van der Waals surface area (Å²) in [6, 6.07) is 0. The van der Waals surface area contributed by atoms with Crippen LogP contribution < -0.4 is 0 Å². The normalized spacial score (nSPS) is 56.8. The maximum Gasteiger partial charge on any atom is 0.101 e. The minimum atomic E-state index is -1.11. The molecule has 0 spiro atoms. The van der Waals surface area contributed by atoms with Crippen molar-refractivity contribution in [1.29, 1.82) is 0 Å². The van der Waals surface area contributed by atoms with Gasteiger partial charge in [-0.1, -0.05) is 29.8 Å². The molecule has 1 saturated heterocycles. The van der Waals surface area contributed by atoms with E-state index in [2.05, 4.69) is 0 Å². The molecule has 0 N–H and O–H groups in total. The molecular formula is C8H7ClO2S2. The van der Waals surface area contributed by atoms with Gasteiger partial charge in [-0.2, -0.15) is 0 Å². The lowest BCUT2D eigenvalue weighted by molar-refractivity contribution is 0.632. The highest BCUT2D eigenvalue weighted by molar-refractivity contribution is 7.94. The average Bonchev–Trinajstić information content (AvgIpc) is 2.67. The van der Waals surface area contributed by atoms with E-state index in [1.165, 1.54) is 0 Å². The third-order valence-corrected chi connectivity index (χ3v) is 7.24. The van der Waals surface area contributed by atoms with Crippen molar-refractivity contribution in [3.63, 3.8) is 0 Å². The zero-order valence-corrected chi connectivity index (χ0v) is 8.94. The van der Waals surface area contributed by atoms with E-state index in [1.807, 2.05) is 18.2 Å². The highest BCUT2D eigenvalue weighted by atomic mass is 35.5. The van der Waals surface area contributed by atoms with E-state index < -0.39 is 21.6 Å². The maximum absolute atomic E-state index is 11.7. The van der Waals surface area contributed by atoms with Gasteiger partial charge in [0.25, 0.3) is 0 Å². The van der Waals surface area contributed by atoms with Gasteiger partial charge in [-0.25, -0.2) is 0 Å². The lowest BCUT2D eigenvalue weighted by atomic mass is 9.94. The van der Waals surface area contributed by atoms with Crippen LogP contribution in [0.4, 0.5) is 0 Å². The molecular weight excluding hydrogens is 228 g/mol. The molecule has 2 bridgehead atoms. The zero-order chi connectivity index (χ0) is 9.16. The summed E-state index contributed by atoms with van der Waals surface area (Å²) in [6.45, 7) is 0. The fourth-order valence-corrected chi connectivity index (χ4v) is 6.75. The van der Waals surface area contributed by atoms with E-state index >= 15 is 0 Å².